The monoisotopic (exact) mass is 327 g/mol. The molecule has 0 spiro atoms. The number of benzene rings is 1. The Kier molecular flexibility index (Phi) is 5.00. The van der Waals surface area contributed by atoms with E-state index in [0.717, 1.165) is 29.3 Å². The van der Waals surface area contributed by atoms with Gasteiger partial charge in [-0.1, -0.05) is 36.8 Å². The van der Waals surface area contributed by atoms with Gasteiger partial charge in [-0.05, 0) is 24.3 Å². The Labute approximate surface area is 142 Å². The fourth-order valence-electron chi connectivity index (χ4n) is 3.23. The van der Waals surface area contributed by atoms with Gasteiger partial charge in [0.1, 0.15) is 0 Å². The normalized spacial score (nSPS) is 14.8. The van der Waals surface area contributed by atoms with Gasteiger partial charge >= 0.3 is 5.69 Å². The highest BCUT2D eigenvalue weighted by atomic mass is 16.2. The van der Waals surface area contributed by atoms with Crippen LogP contribution in [-0.2, 0) is 27.2 Å². The van der Waals surface area contributed by atoms with E-state index in [-0.39, 0.29) is 11.2 Å². The van der Waals surface area contributed by atoms with Crippen LogP contribution in [0.25, 0.3) is 0 Å². The third-order valence-electron chi connectivity index (χ3n) is 5.00. The third-order valence-corrected chi connectivity index (χ3v) is 5.00. The third kappa shape index (κ3) is 3.67. The lowest BCUT2D eigenvalue weighted by Gasteiger charge is -2.32. The molecule has 0 aliphatic heterocycles. The summed E-state index contributed by atoms with van der Waals surface area (Å²) in [4.78, 5) is 26.5. The fraction of sp³-hybridized carbons (Fsp3) is 0.474. The summed E-state index contributed by atoms with van der Waals surface area (Å²) in [5.74, 6) is 0.734. The van der Waals surface area contributed by atoms with Gasteiger partial charge in [0, 0.05) is 45.5 Å². The number of nitrogens with zero attached hydrogens (tertiary/aromatic N) is 3. The first-order chi connectivity index (χ1) is 11.5. The highest BCUT2D eigenvalue weighted by Crippen LogP contribution is 2.28. The van der Waals surface area contributed by atoms with Crippen LogP contribution >= 0.6 is 0 Å². The van der Waals surface area contributed by atoms with Crippen molar-refractivity contribution in [2.45, 2.75) is 32.4 Å². The first-order valence-electron chi connectivity index (χ1n) is 8.57. The summed E-state index contributed by atoms with van der Waals surface area (Å²) in [6.45, 7) is 2.46. The maximum Gasteiger partial charge on any atom is 0.330 e. The Morgan fingerprint density at radius 3 is 2.38 bits per heavy atom. The number of rotatable bonds is 6. The molecule has 1 aliphatic rings. The van der Waals surface area contributed by atoms with Gasteiger partial charge in [0.25, 0.3) is 5.56 Å². The molecule has 0 amide bonds. The van der Waals surface area contributed by atoms with Crippen LogP contribution < -0.4 is 11.2 Å². The van der Waals surface area contributed by atoms with E-state index in [4.69, 9.17) is 0 Å². The van der Waals surface area contributed by atoms with Crippen molar-refractivity contribution in [3.8, 4) is 0 Å². The second kappa shape index (κ2) is 7.18. The summed E-state index contributed by atoms with van der Waals surface area (Å²) in [6, 6.07) is 11.9. The van der Waals surface area contributed by atoms with Crippen LogP contribution in [0.2, 0.25) is 0 Å². The SMILES string of the molecule is Cn1c(CN(Cc2ccccc2)CC2CCC2)cc(=O)n(C)c1=O. The minimum absolute atomic E-state index is 0.239. The van der Waals surface area contributed by atoms with Crippen molar-refractivity contribution in [1.82, 2.24) is 14.0 Å². The fourth-order valence-corrected chi connectivity index (χ4v) is 3.23. The van der Waals surface area contributed by atoms with Crippen molar-refractivity contribution < 1.29 is 0 Å². The quantitative estimate of drug-likeness (QED) is 0.814. The Morgan fingerprint density at radius 1 is 1.04 bits per heavy atom. The first-order valence-corrected chi connectivity index (χ1v) is 8.57. The molecule has 0 atom stereocenters. The van der Waals surface area contributed by atoms with Gasteiger partial charge in [-0.15, -0.1) is 0 Å². The van der Waals surface area contributed by atoms with Gasteiger partial charge in [-0.3, -0.25) is 18.8 Å². The van der Waals surface area contributed by atoms with Gasteiger partial charge in [0.15, 0.2) is 0 Å². The molecular weight excluding hydrogens is 302 g/mol. The summed E-state index contributed by atoms with van der Waals surface area (Å²) in [6.07, 6.45) is 3.87. The first kappa shape index (κ1) is 16.7. The summed E-state index contributed by atoms with van der Waals surface area (Å²) in [5, 5.41) is 0. The Hall–Kier alpha value is -2.14. The van der Waals surface area contributed by atoms with Crippen molar-refractivity contribution in [2.24, 2.45) is 20.0 Å². The van der Waals surface area contributed by atoms with E-state index >= 15 is 0 Å². The Bertz CT molecular complexity index is 804. The molecule has 24 heavy (non-hydrogen) atoms. The summed E-state index contributed by atoms with van der Waals surface area (Å²) >= 11 is 0. The maximum absolute atomic E-state index is 12.1. The van der Waals surface area contributed by atoms with E-state index in [1.165, 1.54) is 31.9 Å². The number of aromatic nitrogens is 2. The van der Waals surface area contributed by atoms with Crippen LogP contribution in [0.15, 0.2) is 46.0 Å². The predicted octanol–water partition coefficient (Wildman–Crippen LogP) is 1.89. The molecule has 3 rings (SSSR count). The molecule has 1 aromatic heterocycles. The van der Waals surface area contributed by atoms with Crippen molar-refractivity contribution in [1.29, 1.82) is 0 Å². The summed E-state index contributed by atoms with van der Waals surface area (Å²) in [7, 11) is 3.26. The molecule has 1 heterocycles. The number of hydrogen-bond donors (Lipinski definition) is 0. The maximum atomic E-state index is 12.1. The molecule has 1 aromatic carbocycles. The Morgan fingerprint density at radius 2 is 1.75 bits per heavy atom. The molecule has 5 nitrogen and oxygen atoms in total. The molecule has 0 unspecified atom stereocenters. The molecule has 1 fully saturated rings. The predicted molar refractivity (Wildman–Crippen MR) is 94.8 cm³/mol. The van der Waals surface area contributed by atoms with Gasteiger partial charge in [0.05, 0.1) is 0 Å². The van der Waals surface area contributed by atoms with E-state index in [1.54, 1.807) is 17.7 Å². The molecule has 5 heteroatoms. The lowest BCUT2D eigenvalue weighted by atomic mass is 9.85. The van der Waals surface area contributed by atoms with Gasteiger partial charge < -0.3 is 0 Å². The number of hydrogen-bond acceptors (Lipinski definition) is 3. The van der Waals surface area contributed by atoms with Crippen molar-refractivity contribution in [3.63, 3.8) is 0 Å². The van der Waals surface area contributed by atoms with Crippen LogP contribution in [0, 0.1) is 5.92 Å². The minimum Gasteiger partial charge on any atom is -0.299 e. The van der Waals surface area contributed by atoms with Crippen molar-refractivity contribution >= 4 is 0 Å². The molecule has 0 bridgehead atoms. The molecule has 1 saturated carbocycles. The van der Waals surface area contributed by atoms with E-state index in [1.807, 2.05) is 18.2 Å². The zero-order valence-electron chi connectivity index (χ0n) is 14.4. The average molecular weight is 327 g/mol. The van der Waals surface area contributed by atoms with Gasteiger partial charge in [0.2, 0.25) is 0 Å². The lowest BCUT2D eigenvalue weighted by molar-refractivity contribution is 0.162. The van der Waals surface area contributed by atoms with Crippen molar-refractivity contribution in [2.75, 3.05) is 6.54 Å². The van der Waals surface area contributed by atoms with Crippen LogP contribution in [-0.4, -0.2) is 20.6 Å². The van der Waals surface area contributed by atoms with Crippen LogP contribution in [0.1, 0.15) is 30.5 Å². The molecule has 2 aromatic rings. The largest absolute Gasteiger partial charge is 0.330 e. The van der Waals surface area contributed by atoms with Crippen molar-refractivity contribution in [3.05, 3.63) is 68.5 Å². The molecule has 0 radical (unpaired) electrons. The molecule has 128 valence electrons. The molecular formula is C19H25N3O2. The smallest absolute Gasteiger partial charge is 0.299 e. The van der Waals surface area contributed by atoms with E-state index in [2.05, 4.69) is 17.0 Å². The van der Waals surface area contributed by atoms with E-state index in [9.17, 15) is 9.59 Å². The van der Waals surface area contributed by atoms with Gasteiger partial charge in [-0.25, -0.2) is 4.79 Å². The average Bonchev–Trinajstić information content (AvgIpc) is 2.54. The standard InChI is InChI=1S/C19H25N3O2/c1-20-17(11-18(23)21(2)19(20)24)14-22(13-16-9-6-10-16)12-15-7-4-3-5-8-15/h3-5,7-8,11,16H,6,9-10,12-14H2,1-2H3. The zero-order valence-corrected chi connectivity index (χ0v) is 14.4. The molecule has 0 N–H and O–H groups in total. The highest BCUT2D eigenvalue weighted by molar-refractivity contribution is 5.15. The highest BCUT2D eigenvalue weighted by Gasteiger charge is 2.21. The van der Waals surface area contributed by atoms with E-state index in [0.29, 0.717) is 6.54 Å². The summed E-state index contributed by atoms with van der Waals surface area (Å²) < 4.78 is 2.73. The minimum atomic E-state index is -0.263. The molecule has 1 aliphatic carbocycles. The van der Waals surface area contributed by atoms with Crippen LogP contribution in [0.4, 0.5) is 0 Å². The van der Waals surface area contributed by atoms with Crippen LogP contribution in [0.3, 0.4) is 0 Å². The second-order valence-corrected chi connectivity index (χ2v) is 6.83. The van der Waals surface area contributed by atoms with E-state index < -0.39 is 0 Å². The summed E-state index contributed by atoms with van der Waals surface area (Å²) in [5.41, 5.74) is 1.53. The molecule has 0 saturated heterocycles. The lowest BCUT2D eigenvalue weighted by Crippen LogP contribution is -2.40. The van der Waals surface area contributed by atoms with Gasteiger partial charge in [-0.2, -0.15) is 0 Å². The zero-order chi connectivity index (χ0) is 17.1. The van der Waals surface area contributed by atoms with Crippen LogP contribution in [0.5, 0.6) is 0 Å². The topological polar surface area (TPSA) is 47.2 Å². The second-order valence-electron chi connectivity index (χ2n) is 6.83. The Balaban J connectivity index is 1.83.